The van der Waals surface area contributed by atoms with Crippen LogP contribution in [0.4, 0.5) is 0 Å². The summed E-state index contributed by atoms with van der Waals surface area (Å²) in [7, 11) is 0. The Bertz CT molecular complexity index is 1200. The van der Waals surface area contributed by atoms with Gasteiger partial charge < -0.3 is 4.74 Å². The molecule has 30 heavy (non-hydrogen) atoms. The molecular formula is C23H19N3O3S. The van der Waals surface area contributed by atoms with E-state index < -0.39 is 11.8 Å². The third kappa shape index (κ3) is 4.31. The van der Waals surface area contributed by atoms with E-state index in [1.54, 1.807) is 13.0 Å². The van der Waals surface area contributed by atoms with Gasteiger partial charge in [0, 0.05) is 10.9 Å². The predicted molar refractivity (Wildman–Crippen MR) is 117 cm³/mol. The summed E-state index contributed by atoms with van der Waals surface area (Å²) in [4.78, 5) is 29.5. The Morgan fingerprint density at radius 1 is 0.933 bits per heavy atom. The van der Waals surface area contributed by atoms with E-state index in [1.807, 2.05) is 66.7 Å². The fraction of sp³-hybridized carbons (Fsp3) is 0.0870. The number of amides is 2. The zero-order chi connectivity index (χ0) is 20.9. The molecular weight excluding hydrogens is 398 g/mol. The first-order valence-electron chi connectivity index (χ1n) is 9.34. The molecule has 0 fully saturated rings. The second-order valence-electron chi connectivity index (χ2n) is 6.57. The second kappa shape index (κ2) is 8.75. The minimum Gasteiger partial charge on any atom is -0.483 e. The van der Waals surface area contributed by atoms with Crippen LogP contribution in [0.1, 0.15) is 15.4 Å². The van der Waals surface area contributed by atoms with Gasteiger partial charge in [-0.05, 0) is 18.4 Å². The van der Waals surface area contributed by atoms with E-state index in [1.165, 1.54) is 11.3 Å². The molecule has 0 unspecified atom stereocenters. The molecule has 6 nitrogen and oxygen atoms in total. The van der Waals surface area contributed by atoms with E-state index in [9.17, 15) is 9.59 Å². The number of benzene rings is 3. The van der Waals surface area contributed by atoms with Crippen LogP contribution in [0.5, 0.6) is 5.75 Å². The van der Waals surface area contributed by atoms with Gasteiger partial charge in [-0.1, -0.05) is 66.7 Å². The van der Waals surface area contributed by atoms with Crippen molar-refractivity contribution >= 4 is 33.9 Å². The van der Waals surface area contributed by atoms with E-state index in [2.05, 4.69) is 15.8 Å². The van der Waals surface area contributed by atoms with Gasteiger partial charge in [-0.25, -0.2) is 4.98 Å². The Hall–Kier alpha value is -3.71. The van der Waals surface area contributed by atoms with Crippen molar-refractivity contribution in [2.45, 2.75) is 6.92 Å². The van der Waals surface area contributed by atoms with E-state index in [0.717, 1.165) is 21.3 Å². The molecule has 2 N–H and O–H groups in total. The fourth-order valence-corrected chi connectivity index (χ4v) is 3.96. The maximum atomic E-state index is 12.5. The number of aromatic nitrogens is 1. The molecule has 1 heterocycles. The van der Waals surface area contributed by atoms with E-state index in [0.29, 0.717) is 16.3 Å². The minimum absolute atomic E-state index is 0.217. The van der Waals surface area contributed by atoms with Crippen molar-refractivity contribution in [2.24, 2.45) is 0 Å². The van der Waals surface area contributed by atoms with Crippen molar-refractivity contribution in [1.82, 2.24) is 15.8 Å². The van der Waals surface area contributed by atoms with Crippen molar-refractivity contribution < 1.29 is 14.3 Å². The molecule has 0 aliphatic rings. The standard InChI is InChI=1S/C23H19N3O3S/c1-15-21(30-23(24-15)17-9-3-2-4-10-17)22(28)26-25-20(27)14-29-19-13-7-11-16-8-5-6-12-18(16)19/h2-13H,14H2,1H3,(H,25,27)(H,26,28). The van der Waals surface area contributed by atoms with Gasteiger partial charge in [0.1, 0.15) is 15.6 Å². The Morgan fingerprint density at radius 3 is 2.50 bits per heavy atom. The summed E-state index contributed by atoms with van der Waals surface area (Å²) in [5, 5.41) is 2.70. The van der Waals surface area contributed by atoms with Crippen LogP contribution < -0.4 is 15.6 Å². The number of carbonyl (C=O) groups is 2. The van der Waals surface area contributed by atoms with Crippen LogP contribution in [0.15, 0.2) is 72.8 Å². The van der Waals surface area contributed by atoms with E-state index in [-0.39, 0.29) is 6.61 Å². The molecule has 7 heteroatoms. The lowest BCUT2D eigenvalue weighted by Gasteiger charge is -2.10. The van der Waals surface area contributed by atoms with Crippen LogP contribution in [-0.2, 0) is 4.79 Å². The van der Waals surface area contributed by atoms with Gasteiger partial charge in [0.2, 0.25) is 0 Å². The van der Waals surface area contributed by atoms with Crippen LogP contribution in [0.25, 0.3) is 21.3 Å². The second-order valence-corrected chi connectivity index (χ2v) is 7.57. The number of rotatable bonds is 5. The number of ether oxygens (including phenoxy) is 1. The molecule has 0 radical (unpaired) electrons. The number of hydrazine groups is 1. The SMILES string of the molecule is Cc1nc(-c2ccccc2)sc1C(=O)NNC(=O)COc1cccc2ccccc12. The average Bonchev–Trinajstić information content (AvgIpc) is 3.18. The summed E-state index contributed by atoms with van der Waals surface area (Å²) in [6.07, 6.45) is 0. The molecule has 0 bridgehead atoms. The molecule has 0 aliphatic carbocycles. The number of thiazole rings is 1. The molecule has 0 spiro atoms. The molecule has 4 aromatic rings. The first-order chi connectivity index (χ1) is 14.6. The summed E-state index contributed by atoms with van der Waals surface area (Å²) >= 11 is 1.28. The van der Waals surface area contributed by atoms with Gasteiger partial charge in [0.05, 0.1) is 5.69 Å². The molecule has 4 rings (SSSR count). The van der Waals surface area contributed by atoms with Crippen LogP contribution in [0, 0.1) is 6.92 Å². The number of nitrogens with zero attached hydrogens (tertiary/aromatic N) is 1. The topological polar surface area (TPSA) is 80.3 Å². The molecule has 0 saturated carbocycles. The summed E-state index contributed by atoms with van der Waals surface area (Å²) < 4.78 is 5.63. The number of hydrogen-bond donors (Lipinski definition) is 2. The molecule has 1 aromatic heterocycles. The summed E-state index contributed by atoms with van der Waals surface area (Å²) in [5.74, 6) is -0.257. The van der Waals surface area contributed by atoms with Gasteiger partial charge in [0.25, 0.3) is 11.8 Å². The monoisotopic (exact) mass is 417 g/mol. The highest BCUT2D eigenvalue weighted by Gasteiger charge is 2.17. The molecule has 150 valence electrons. The molecule has 3 aromatic carbocycles. The molecule has 0 aliphatic heterocycles. The van der Waals surface area contributed by atoms with Crippen LogP contribution in [0.3, 0.4) is 0 Å². The van der Waals surface area contributed by atoms with E-state index >= 15 is 0 Å². The normalized spacial score (nSPS) is 10.6. The highest BCUT2D eigenvalue weighted by Crippen LogP contribution is 2.27. The largest absolute Gasteiger partial charge is 0.483 e. The Morgan fingerprint density at radius 2 is 1.67 bits per heavy atom. The zero-order valence-corrected chi connectivity index (χ0v) is 17.0. The molecule has 0 saturated heterocycles. The fourth-order valence-electron chi connectivity index (χ4n) is 3.00. The molecule has 0 atom stereocenters. The first-order valence-corrected chi connectivity index (χ1v) is 10.2. The summed E-state index contributed by atoms with van der Waals surface area (Å²) in [5.41, 5.74) is 6.37. The van der Waals surface area contributed by atoms with E-state index in [4.69, 9.17) is 4.74 Å². The lowest BCUT2D eigenvalue weighted by molar-refractivity contribution is -0.123. The van der Waals surface area contributed by atoms with Gasteiger partial charge in [-0.15, -0.1) is 11.3 Å². The number of carbonyl (C=O) groups excluding carboxylic acids is 2. The van der Waals surface area contributed by atoms with Gasteiger partial charge in [-0.3, -0.25) is 20.4 Å². The van der Waals surface area contributed by atoms with Gasteiger partial charge in [-0.2, -0.15) is 0 Å². The number of aryl methyl sites for hydroxylation is 1. The van der Waals surface area contributed by atoms with Crippen LogP contribution in [0.2, 0.25) is 0 Å². The third-order valence-corrected chi connectivity index (χ3v) is 5.65. The van der Waals surface area contributed by atoms with Crippen LogP contribution >= 0.6 is 11.3 Å². The Labute approximate surface area is 177 Å². The summed E-state index contributed by atoms with van der Waals surface area (Å²) in [6, 6.07) is 23.0. The predicted octanol–water partition coefficient (Wildman–Crippen LogP) is 4.11. The average molecular weight is 417 g/mol. The summed E-state index contributed by atoms with van der Waals surface area (Å²) in [6.45, 7) is 1.55. The zero-order valence-electron chi connectivity index (χ0n) is 16.2. The minimum atomic E-state index is -0.457. The van der Waals surface area contributed by atoms with Gasteiger partial charge in [0.15, 0.2) is 6.61 Å². The van der Waals surface area contributed by atoms with Crippen molar-refractivity contribution in [3.63, 3.8) is 0 Å². The number of nitrogens with one attached hydrogen (secondary N) is 2. The number of hydrogen-bond acceptors (Lipinski definition) is 5. The van der Waals surface area contributed by atoms with Gasteiger partial charge >= 0.3 is 0 Å². The quantitative estimate of drug-likeness (QED) is 0.479. The van der Waals surface area contributed by atoms with Crippen LogP contribution in [-0.4, -0.2) is 23.4 Å². The Kier molecular flexibility index (Phi) is 5.72. The maximum absolute atomic E-state index is 12.5. The van der Waals surface area contributed by atoms with Crippen molar-refractivity contribution in [3.8, 4) is 16.3 Å². The van der Waals surface area contributed by atoms with Crippen molar-refractivity contribution in [2.75, 3.05) is 6.61 Å². The van der Waals surface area contributed by atoms with Crippen molar-refractivity contribution in [1.29, 1.82) is 0 Å². The number of fused-ring (bicyclic) bond motifs is 1. The highest BCUT2D eigenvalue weighted by molar-refractivity contribution is 7.17. The third-order valence-electron chi connectivity index (χ3n) is 4.45. The molecule has 2 amide bonds. The van der Waals surface area contributed by atoms with Crippen molar-refractivity contribution in [3.05, 3.63) is 83.4 Å². The lowest BCUT2D eigenvalue weighted by atomic mass is 10.1. The highest BCUT2D eigenvalue weighted by atomic mass is 32.1. The maximum Gasteiger partial charge on any atom is 0.281 e. The first kappa shape index (κ1) is 19.6. The smallest absolute Gasteiger partial charge is 0.281 e. The lowest BCUT2D eigenvalue weighted by Crippen LogP contribution is -2.43. The Balaban J connectivity index is 1.35.